The molecule has 4 rings (SSSR count). The minimum Gasteiger partial charge on any atom is -0.347 e. The van der Waals surface area contributed by atoms with Crippen molar-refractivity contribution in [3.63, 3.8) is 0 Å². The predicted octanol–water partition coefficient (Wildman–Crippen LogP) is 8.88. The summed E-state index contributed by atoms with van der Waals surface area (Å²) in [6.45, 7) is 22.3. The predicted molar refractivity (Wildman–Crippen MR) is 181 cm³/mol. The molecule has 2 N–H and O–H groups in total. The van der Waals surface area contributed by atoms with E-state index >= 15 is 0 Å². The highest BCUT2D eigenvalue weighted by Gasteiger charge is 2.20. The summed E-state index contributed by atoms with van der Waals surface area (Å²) in [5.41, 5.74) is 5.07. The van der Waals surface area contributed by atoms with Crippen molar-refractivity contribution in [1.82, 2.24) is 30.0 Å². The van der Waals surface area contributed by atoms with Crippen molar-refractivity contribution >= 4 is 29.0 Å². The van der Waals surface area contributed by atoms with Crippen LogP contribution in [-0.2, 0) is 24.9 Å². The maximum Gasteiger partial charge on any atom is 0.263 e. The van der Waals surface area contributed by atoms with Crippen LogP contribution in [0.15, 0.2) is 42.7 Å². The second kappa shape index (κ2) is 17.5. The summed E-state index contributed by atoms with van der Waals surface area (Å²) in [6.07, 6.45) is 7.82. The molecule has 1 amide bonds. The minimum absolute atomic E-state index is 0.0688. The van der Waals surface area contributed by atoms with Gasteiger partial charge in [-0.25, -0.2) is 15.0 Å². The van der Waals surface area contributed by atoms with Gasteiger partial charge in [-0.05, 0) is 43.0 Å². The summed E-state index contributed by atoms with van der Waals surface area (Å²) in [5.74, 6) is 1.17. The van der Waals surface area contributed by atoms with Gasteiger partial charge < -0.3 is 10.6 Å². The molecule has 0 bridgehead atoms. The molecule has 0 radical (unpaired) electrons. The summed E-state index contributed by atoms with van der Waals surface area (Å²) in [5, 5.41) is 11.9. The maximum absolute atomic E-state index is 12.7. The fourth-order valence-electron chi connectivity index (χ4n) is 4.04. The molecule has 0 unspecified atom stereocenters. The van der Waals surface area contributed by atoms with Crippen molar-refractivity contribution in [2.45, 2.75) is 113 Å². The molecular formula is C34H51N7OS. The van der Waals surface area contributed by atoms with Crippen LogP contribution >= 0.6 is 11.3 Å². The average Bonchev–Trinajstić information content (AvgIpc) is 3.65. The number of aryl methyl sites for hydroxylation is 3. The van der Waals surface area contributed by atoms with Gasteiger partial charge in [0, 0.05) is 42.0 Å². The lowest BCUT2D eigenvalue weighted by molar-refractivity contribution is 0.0954. The molecule has 0 aliphatic heterocycles. The zero-order valence-corrected chi connectivity index (χ0v) is 28.7. The summed E-state index contributed by atoms with van der Waals surface area (Å²) in [4.78, 5) is 26.8. The highest BCUT2D eigenvalue weighted by molar-refractivity contribution is 7.13. The third kappa shape index (κ3) is 10.6. The zero-order valence-electron chi connectivity index (χ0n) is 27.8. The van der Waals surface area contributed by atoms with Crippen molar-refractivity contribution in [2.24, 2.45) is 0 Å². The molecule has 0 saturated carbocycles. The second-order valence-electron chi connectivity index (χ2n) is 11.2. The topological polar surface area (TPSA) is 97.6 Å². The molecule has 0 spiro atoms. The lowest BCUT2D eigenvalue weighted by Crippen LogP contribution is -2.22. The summed E-state index contributed by atoms with van der Waals surface area (Å²) in [7, 11) is 0. The van der Waals surface area contributed by atoms with Crippen LogP contribution in [0.25, 0.3) is 11.3 Å². The van der Waals surface area contributed by atoms with Gasteiger partial charge in [-0.1, -0.05) is 87.3 Å². The Kier molecular flexibility index (Phi) is 14.5. The first kappa shape index (κ1) is 35.6. The summed E-state index contributed by atoms with van der Waals surface area (Å²) in [6, 6.07) is 10.1. The van der Waals surface area contributed by atoms with Crippen LogP contribution in [0.5, 0.6) is 0 Å². The molecule has 3 aromatic heterocycles. The van der Waals surface area contributed by atoms with Gasteiger partial charge in [-0.3, -0.25) is 9.48 Å². The number of carbonyl (C=O) groups excluding carboxylic acids is 1. The first-order chi connectivity index (χ1) is 20.6. The van der Waals surface area contributed by atoms with E-state index in [0.717, 1.165) is 59.0 Å². The van der Waals surface area contributed by atoms with E-state index in [-0.39, 0.29) is 11.3 Å². The molecule has 8 nitrogen and oxygen atoms in total. The van der Waals surface area contributed by atoms with E-state index in [1.165, 1.54) is 23.5 Å². The number of hydrogen-bond donors (Lipinski definition) is 2. The van der Waals surface area contributed by atoms with Crippen molar-refractivity contribution < 1.29 is 4.79 Å². The molecule has 43 heavy (non-hydrogen) atoms. The van der Waals surface area contributed by atoms with E-state index in [4.69, 9.17) is 10.1 Å². The fraction of sp³-hybridized carbons (Fsp3) is 0.500. The number of carbonyl (C=O) groups is 1. The van der Waals surface area contributed by atoms with E-state index in [0.29, 0.717) is 17.4 Å². The lowest BCUT2D eigenvalue weighted by atomic mass is 9.98. The molecule has 4 aromatic rings. The fourth-order valence-corrected chi connectivity index (χ4v) is 4.93. The van der Waals surface area contributed by atoms with Gasteiger partial charge in [0.2, 0.25) is 5.95 Å². The monoisotopic (exact) mass is 605 g/mol. The van der Waals surface area contributed by atoms with E-state index < -0.39 is 0 Å². The highest BCUT2D eigenvalue weighted by Crippen LogP contribution is 2.27. The van der Waals surface area contributed by atoms with Gasteiger partial charge in [-0.2, -0.15) is 5.10 Å². The number of aromatic nitrogens is 5. The average molecular weight is 606 g/mol. The van der Waals surface area contributed by atoms with E-state index in [9.17, 15) is 4.79 Å². The van der Waals surface area contributed by atoms with Crippen LogP contribution in [0.3, 0.4) is 0 Å². The Morgan fingerprint density at radius 2 is 1.74 bits per heavy atom. The number of thiazole rings is 1. The molecule has 3 heterocycles. The molecule has 0 aliphatic carbocycles. The largest absolute Gasteiger partial charge is 0.347 e. The standard InChI is InChI=1S/C29H37N7OS.C3H8.C2H6/c1-7-9-14-36-22(8-2)16-25(35-36)34-28-30-13-12-23(33-28)20-10-11-21(19(3)15-20)17-31-26(37)24-18-32-27(38-24)29(4,5)6;1-3-2;1-2/h10-13,15-16,18H,7-9,14,17H2,1-6H3,(H,31,37)(H,30,33,34,35);3H2,1-2H3;1-2H3. The maximum atomic E-state index is 12.7. The molecule has 0 fully saturated rings. The first-order valence-electron chi connectivity index (χ1n) is 15.6. The summed E-state index contributed by atoms with van der Waals surface area (Å²) < 4.78 is 2.06. The smallest absolute Gasteiger partial charge is 0.263 e. The zero-order chi connectivity index (χ0) is 32.0. The van der Waals surface area contributed by atoms with Crippen molar-refractivity contribution in [1.29, 1.82) is 0 Å². The molecule has 9 heteroatoms. The van der Waals surface area contributed by atoms with Crippen LogP contribution in [0, 0.1) is 6.92 Å². The summed E-state index contributed by atoms with van der Waals surface area (Å²) >= 11 is 1.45. The molecule has 0 saturated heterocycles. The molecule has 0 aliphatic rings. The lowest BCUT2D eigenvalue weighted by Gasteiger charge is -2.13. The Morgan fingerprint density at radius 3 is 2.35 bits per heavy atom. The minimum atomic E-state index is -0.101. The molecule has 0 atom stereocenters. The number of nitrogens with one attached hydrogen (secondary N) is 2. The third-order valence-electron chi connectivity index (χ3n) is 6.29. The number of rotatable bonds is 10. The van der Waals surface area contributed by atoms with Gasteiger partial charge in [0.15, 0.2) is 5.82 Å². The third-order valence-corrected chi connectivity index (χ3v) is 7.72. The first-order valence-corrected chi connectivity index (χ1v) is 16.4. The van der Waals surface area contributed by atoms with Crippen molar-refractivity contribution in [2.75, 3.05) is 5.32 Å². The van der Waals surface area contributed by atoms with Crippen LogP contribution in [0.1, 0.15) is 113 Å². The van der Waals surface area contributed by atoms with Crippen LogP contribution in [0.2, 0.25) is 0 Å². The normalized spacial score (nSPS) is 10.7. The van der Waals surface area contributed by atoms with Gasteiger partial charge in [0.1, 0.15) is 4.88 Å². The number of anilines is 2. The Balaban J connectivity index is 0.00000121. The number of nitrogens with zero attached hydrogens (tertiary/aromatic N) is 5. The van der Waals surface area contributed by atoms with E-state index in [1.807, 2.05) is 39.0 Å². The molecular weight excluding hydrogens is 554 g/mol. The quantitative estimate of drug-likeness (QED) is 0.187. The second-order valence-corrected chi connectivity index (χ2v) is 12.2. The van der Waals surface area contributed by atoms with Gasteiger partial charge in [0.25, 0.3) is 5.91 Å². The SMILES string of the molecule is CC.CCC.CCCCn1nc(Nc2nccc(-c3ccc(CNC(=O)c4cnc(C(C)(C)C)s4)c(C)c3)n2)cc1CC. The Hall–Kier alpha value is -3.59. The molecule has 1 aromatic carbocycles. The Bertz CT molecular complexity index is 1420. The Morgan fingerprint density at radius 1 is 1.02 bits per heavy atom. The van der Waals surface area contributed by atoms with E-state index in [2.05, 4.69) is 85.9 Å². The van der Waals surface area contributed by atoms with Crippen LogP contribution in [-0.4, -0.2) is 30.6 Å². The number of hydrogen-bond acceptors (Lipinski definition) is 7. The van der Waals surface area contributed by atoms with Crippen molar-refractivity contribution in [3.8, 4) is 11.3 Å². The Labute approximate surface area is 262 Å². The number of unbranched alkanes of at least 4 members (excludes halogenated alkanes) is 1. The van der Waals surface area contributed by atoms with E-state index in [1.54, 1.807) is 12.4 Å². The molecule has 234 valence electrons. The number of amides is 1. The van der Waals surface area contributed by atoms with Crippen LogP contribution in [0.4, 0.5) is 11.8 Å². The van der Waals surface area contributed by atoms with Crippen molar-refractivity contribution in [3.05, 3.63) is 69.4 Å². The highest BCUT2D eigenvalue weighted by atomic mass is 32.1. The van der Waals surface area contributed by atoms with Gasteiger partial charge >= 0.3 is 0 Å². The number of benzene rings is 1. The van der Waals surface area contributed by atoms with Crippen LogP contribution < -0.4 is 10.6 Å². The van der Waals surface area contributed by atoms with Gasteiger partial charge in [0.05, 0.1) is 16.9 Å². The van der Waals surface area contributed by atoms with Gasteiger partial charge in [-0.15, -0.1) is 11.3 Å².